The topological polar surface area (TPSA) is 140 Å². The van der Waals surface area contributed by atoms with Gasteiger partial charge in [0.2, 0.25) is 5.91 Å². The molecule has 30 heavy (non-hydrogen) atoms. The molecule has 0 heterocycles. The molecule has 1 aromatic rings. The standard InChI is InChI=1S/C20H28N2O8/c1-3-28-18(25)15(22-20(27)30-13-14-8-6-5-7-9-14)10-11-17(24)21-16(12-23)19(26)29-4-2/h5-9,15-16,23H,3-4,10-13H2,1-2H3,(H,21,24)(H,22,27)/t15-,16-/m0/s1. The van der Waals surface area contributed by atoms with E-state index in [1.165, 1.54) is 0 Å². The van der Waals surface area contributed by atoms with Crippen LogP contribution in [0.5, 0.6) is 0 Å². The van der Waals surface area contributed by atoms with Gasteiger partial charge in [0.25, 0.3) is 0 Å². The second-order valence-electron chi connectivity index (χ2n) is 6.10. The number of rotatable bonds is 12. The summed E-state index contributed by atoms with van der Waals surface area (Å²) in [6.07, 6.45) is -1.14. The third-order valence-electron chi connectivity index (χ3n) is 3.82. The van der Waals surface area contributed by atoms with Gasteiger partial charge in [0, 0.05) is 6.42 Å². The fourth-order valence-electron chi connectivity index (χ4n) is 2.36. The minimum atomic E-state index is -1.21. The Hall–Kier alpha value is -3.14. The fourth-order valence-corrected chi connectivity index (χ4v) is 2.36. The highest BCUT2D eigenvalue weighted by Gasteiger charge is 2.26. The van der Waals surface area contributed by atoms with E-state index >= 15 is 0 Å². The van der Waals surface area contributed by atoms with Gasteiger partial charge in [-0.2, -0.15) is 0 Å². The van der Waals surface area contributed by atoms with Gasteiger partial charge in [0.1, 0.15) is 12.6 Å². The van der Waals surface area contributed by atoms with Crippen LogP contribution in [0.4, 0.5) is 4.79 Å². The van der Waals surface area contributed by atoms with Gasteiger partial charge in [0.15, 0.2) is 6.04 Å². The summed E-state index contributed by atoms with van der Waals surface area (Å²) in [5.41, 5.74) is 0.772. The molecule has 0 fully saturated rings. The number of aliphatic hydroxyl groups is 1. The quantitative estimate of drug-likeness (QED) is 0.328. The predicted octanol–water partition coefficient (Wildman–Crippen LogP) is 0.665. The molecule has 2 atom stereocenters. The number of esters is 2. The molecular weight excluding hydrogens is 396 g/mol. The smallest absolute Gasteiger partial charge is 0.408 e. The first-order valence-corrected chi connectivity index (χ1v) is 9.61. The summed E-state index contributed by atoms with van der Waals surface area (Å²) >= 11 is 0. The van der Waals surface area contributed by atoms with Crippen molar-refractivity contribution in [3.63, 3.8) is 0 Å². The number of ether oxygens (including phenoxy) is 3. The fraction of sp³-hybridized carbons (Fsp3) is 0.500. The number of benzene rings is 1. The average molecular weight is 424 g/mol. The number of carbonyl (C=O) groups excluding carboxylic acids is 4. The van der Waals surface area contributed by atoms with Crippen LogP contribution >= 0.6 is 0 Å². The summed E-state index contributed by atoms with van der Waals surface area (Å²) < 4.78 is 14.7. The number of aliphatic hydroxyl groups excluding tert-OH is 1. The van der Waals surface area contributed by atoms with Crippen LogP contribution in [-0.4, -0.2) is 60.9 Å². The van der Waals surface area contributed by atoms with Crippen molar-refractivity contribution in [1.29, 1.82) is 0 Å². The van der Waals surface area contributed by atoms with Crippen LogP contribution in [-0.2, 0) is 35.2 Å². The zero-order chi connectivity index (χ0) is 22.4. The molecule has 2 amide bonds. The molecule has 0 aromatic heterocycles. The summed E-state index contributed by atoms with van der Waals surface area (Å²) in [6, 6.07) is 6.66. The van der Waals surface area contributed by atoms with Crippen molar-refractivity contribution in [3.8, 4) is 0 Å². The number of amides is 2. The molecule has 10 nitrogen and oxygen atoms in total. The van der Waals surface area contributed by atoms with Gasteiger partial charge in [-0.05, 0) is 25.8 Å². The zero-order valence-electron chi connectivity index (χ0n) is 17.1. The lowest BCUT2D eigenvalue weighted by Gasteiger charge is -2.18. The Morgan fingerprint density at radius 3 is 2.07 bits per heavy atom. The first-order valence-electron chi connectivity index (χ1n) is 9.61. The minimum Gasteiger partial charge on any atom is -0.464 e. The third-order valence-corrected chi connectivity index (χ3v) is 3.82. The maximum atomic E-state index is 12.1. The maximum Gasteiger partial charge on any atom is 0.408 e. The molecule has 3 N–H and O–H groups in total. The average Bonchev–Trinajstić information content (AvgIpc) is 2.74. The second-order valence-corrected chi connectivity index (χ2v) is 6.10. The zero-order valence-corrected chi connectivity index (χ0v) is 17.1. The SMILES string of the molecule is CCOC(=O)[C@H](CO)NC(=O)CC[C@H](NC(=O)OCc1ccccc1)C(=O)OCC. The van der Waals surface area contributed by atoms with Crippen LogP contribution in [0.3, 0.4) is 0 Å². The van der Waals surface area contributed by atoms with E-state index in [2.05, 4.69) is 10.6 Å². The predicted molar refractivity (Wildman–Crippen MR) is 105 cm³/mol. The van der Waals surface area contributed by atoms with E-state index in [0.29, 0.717) is 0 Å². The molecule has 0 bridgehead atoms. The van der Waals surface area contributed by atoms with E-state index in [9.17, 15) is 24.3 Å². The van der Waals surface area contributed by atoms with Crippen LogP contribution in [0.1, 0.15) is 32.3 Å². The van der Waals surface area contributed by atoms with Crippen molar-refractivity contribution in [3.05, 3.63) is 35.9 Å². The molecular formula is C20H28N2O8. The number of carbonyl (C=O) groups is 4. The van der Waals surface area contributed by atoms with Gasteiger partial charge in [0.05, 0.1) is 19.8 Å². The van der Waals surface area contributed by atoms with Gasteiger partial charge in [-0.1, -0.05) is 30.3 Å². The van der Waals surface area contributed by atoms with Crippen molar-refractivity contribution in [2.45, 2.75) is 45.4 Å². The van der Waals surface area contributed by atoms with Crippen molar-refractivity contribution in [2.24, 2.45) is 0 Å². The third kappa shape index (κ3) is 9.37. The van der Waals surface area contributed by atoms with E-state index < -0.39 is 42.6 Å². The Bertz CT molecular complexity index is 695. The number of alkyl carbamates (subject to hydrolysis) is 1. The van der Waals surface area contributed by atoms with E-state index in [-0.39, 0.29) is 32.7 Å². The molecule has 0 aliphatic carbocycles. The molecule has 0 spiro atoms. The van der Waals surface area contributed by atoms with Gasteiger partial charge in [-0.3, -0.25) is 4.79 Å². The second kappa shape index (κ2) is 13.9. The summed E-state index contributed by atoms with van der Waals surface area (Å²) in [7, 11) is 0. The van der Waals surface area contributed by atoms with Crippen LogP contribution in [0.2, 0.25) is 0 Å². The summed E-state index contributed by atoms with van der Waals surface area (Å²) in [5, 5.41) is 13.9. The van der Waals surface area contributed by atoms with Crippen molar-refractivity contribution in [2.75, 3.05) is 19.8 Å². The number of nitrogens with one attached hydrogen (secondary N) is 2. The van der Waals surface area contributed by atoms with Crippen molar-refractivity contribution >= 4 is 23.9 Å². The first kappa shape index (κ1) is 24.9. The van der Waals surface area contributed by atoms with Crippen LogP contribution in [0.25, 0.3) is 0 Å². The molecule has 0 aliphatic heterocycles. The summed E-state index contributed by atoms with van der Waals surface area (Å²) in [5.74, 6) is -2.08. The molecule has 0 aliphatic rings. The summed E-state index contributed by atoms with van der Waals surface area (Å²) in [4.78, 5) is 47.8. The highest BCUT2D eigenvalue weighted by Crippen LogP contribution is 2.05. The van der Waals surface area contributed by atoms with Gasteiger partial charge in [-0.15, -0.1) is 0 Å². The molecule has 0 saturated heterocycles. The Kier molecular flexibility index (Phi) is 11.6. The minimum absolute atomic E-state index is 0.0143. The Balaban J connectivity index is 2.58. The van der Waals surface area contributed by atoms with Crippen LogP contribution in [0, 0.1) is 0 Å². The van der Waals surface area contributed by atoms with Crippen molar-refractivity contribution in [1.82, 2.24) is 10.6 Å². The Morgan fingerprint density at radius 2 is 1.50 bits per heavy atom. The first-order chi connectivity index (χ1) is 14.4. The Morgan fingerprint density at radius 1 is 0.900 bits per heavy atom. The molecule has 0 unspecified atom stereocenters. The lowest BCUT2D eigenvalue weighted by atomic mass is 10.1. The largest absolute Gasteiger partial charge is 0.464 e. The molecule has 1 rings (SSSR count). The maximum absolute atomic E-state index is 12.1. The Labute approximate surface area is 174 Å². The number of hydrogen-bond acceptors (Lipinski definition) is 8. The molecule has 10 heteroatoms. The monoisotopic (exact) mass is 424 g/mol. The lowest BCUT2D eigenvalue weighted by Crippen LogP contribution is -2.46. The van der Waals surface area contributed by atoms with Crippen LogP contribution < -0.4 is 10.6 Å². The number of hydrogen-bond donors (Lipinski definition) is 3. The van der Waals surface area contributed by atoms with E-state index in [4.69, 9.17) is 14.2 Å². The van der Waals surface area contributed by atoms with Crippen molar-refractivity contribution < 1.29 is 38.5 Å². The van der Waals surface area contributed by atoms with Gasteiger partial charge >= 0.3 is 18.0 Å². The molecule has 0 saturated carbocycles. The van der Waals surface area contributed by atoms with Gasteiger partial charge in [-0.25, -0.2) is 14.4 Å². The van der Waals surface area contributed by atoms with E-state index in [0.717, 1.165) is 5.56 Å². The van der Waals surface area contributed by atoms with E-state index in [1.54, 1.807) is 38.1 Å². The highest BCUT2D eigenvalue weighted by molar-refractivity contribution is 5.86. The normalized spacial score (nSPS) is 12.2. The van der Waals surface area contributed by atoms with Gasteiger partial charge < -0.3 is 30.0 Å². The molecule has 0 radical (unpaired) electrons. The van der Waals surface area contributed by atoms with Crippen LogP contribution in [0.15, 0.2) is 30.3 Å². The summed E-state index contributed by atoms with van der Waals surface area (Å²) in [6.45, 7) is 2.79. The van der Waals surface area contributed by atoms with E-state index in [1.807, 2.05) is 6.07 Å². The molecule has 166 valence electrons. The highest BCUT2D eigenvalue weighted by atomic mass is 16.6. The molecule has 1 aromatic carbocycles. The lowest BCUT2D eigenvalue weighted by molar-refractivity contribution is -0.149.